The van der Waals surface area contributed by atoms with Gasteiger partial charge in [-0.2, -0.15) is 0 Å². The van der Waals surface area contributed by atoms with Crippen LogP contribution >= 0.6 is 11.6 Å². The van der Waals surface area contributed by atoms with E-state index in [1.165, 1.54) is 6.07 Å². The fraction of sp³-hybridized carbons (Fsp3) is 0.444. The maximum absolute atomic E-state index is 11.9. The summed E-state index contributed by atoms with van der Waals surface area (Å²) in [6.45, 7) is 3.27. The fourth-order valence-electron chi connectivity index (χ4n) is 3.41. The molecule has 1 amide bonds. The molecular formula is C18H21ClN2O3. The number of likely N-dealkylation sites (tertiary alicyclic amines) is 1. The zero-order valence-electron chi connectivity index (χ0n) is 13.7. The second-order valence-electron chi connectivity index (χ2n) is 6.27. The van der Waals surface area contributed by atoms with Crippen LogP contribution in [0.25, 0.3) is 11.0 Å². The molecule has 0 unspecified atom stereocenters. The first-order valence-corrected chi connectivity index (χ1v) is 8.66. The van der Waals surface area contributed by atoms with Crippen molar-refractivity contribution in [2.45, 2.75) is 45.2 Å². The average molecular weight is 349 g/mol. The number of nitrogens with zero attached hydrogens (tertiary/aromatic N) is 1. The Bertz CT molecular complexity index is 831. The highest BCUT2D eigenvalue weighted by atomic mass is 35.5. The van der Waals surface area contributed by atoms with Crippen molar-refractivity contribution >= 4 is 28.5 Å². The molecule has 5 nitrogen and oxygen atoms in total. The van der Waals surface area contributed by atoms with E-state index in [1.54, 1.807) is 0 Å². The number of hydrogen-bond acceptors (Lipinski definition) is 4. The monoisotopic (exact) mass is 348 g/mol. The third-order valence-electron chi connectivity index (χ3n) is 4.69. The molecular weight excluding hydrogens is 328 g/mol. The molecule has 24 heavy (non-hydrogen) atoms. The summed E-state index contributed by atoms with van der Waals surface area (Å²) >= 11 is 6.33. The van der Waals surface area contributed by atoms with Gasteiger partial charge in [0.2, 0.25) is 5.91 Å². The number of fused-ring (bicyclic) bond motifs is 1. The van der Waals surface area contributed by atoms with Crippen molar-refractivity contribution < 1.29 is 9.21 Å². The van der Waals surface area contributed by atoms with E-state index in [0.29, 0.717) is 17.2 Å². The lowest BCUT2D eigenvalue weighted by atomic mass is 9.99. The molecule has 2 heterocycles. The molecule has 2 N–H and O–H groups in total. The minimum atomic E-state index is -0.394. The third kappa shape index (κ3) is 3.32. The van der Waals surface area contributed by atoms with Crippen LogP contribution in [0.5, 0.6) is 0 Å². The SMILES string of the molecule is CCc1cc2oc(=O)cc(CN3CCCC[C@H]3C(N)=O)c2cc1Cl. The van der Waals surface area contributed by atoms with Gasteiger partial charge >= 0.3 is 5.63 Å². The summed E-state index contributed by atoms with van der Waals surface area (Å²) in [4.78, 5) is 25.7. The van der Waals surface area contributed by atoms with Gasteiger partial charge in [0.05, 0.1) is 6.04 Å². The van der Waals surface area contributed by atoms with Crippen molar-refractivity contribution in [3.05, 3.63) is 44.8 Å². The number of piperidine rings is 1. The molecule has 1 aromatic carbocycles. The van der Waals surface area contributed by atoms with Gasteiger partial charge in [-0.15, -0.1) is 0 Å². The lowest BCUT2D eigenvalue weighted by Gasteiger charge is -2.33. The van der Waals surface area contributed by atoms with Crippen LogP contribution in [0.1, 0.15) is 37.3 Å². The molecule has 0 aliphatic carbocycles. The van der Waals surface area contributed by atoms with Gasteiger partial charge in [0.25, 0.3) is 0 Å². The van der Waals surface area contributed by atoms with Gasteiger partial charge in [0.15, 0.2) is 0 Å². The van der Waals surface area contributed by atoms with Gasteiger partial charge in [-0.25, -0.2) is 4.79 Å². The number of amides is 1. The van der Waals surface area contributed by atoms with Crippen LogP contribution in [0.15, 0.2) is 27.4 Å². The summed E-state index contributed by atoms with van der Waals surface area (Å²) in [7, 11) is 0. The lowest BCUT2D eigenvalue weighted by Crippen LogP contribution is -2.47. The Balaban J connectivity index is 2.03. The molecule has 0 radical (unpaired) electrons. The summed E-state index contributed by atoms with van der Waals surface area (Å²) in [5.41, 5.74) is 7.43. The van der Waals surface area contributed by atoms with Crippen molar-refractivity contribution in [1.82, 2.24) is 4.90 Å². The molecule has 3 rings (SSSR count). The van der Waals surface area contributed by atoms with Crippen LogP contribution in [0.2, 0.25) is 5.02 Å². The molecule has 1 aromatic heterocycles. The number of rotatable bonds is 4. The largest absolute Gasteiger partial charge is 0.423 e. The zero-order valence-corrected chi connectivity index (χ0v) is 14.4. The first-order valence-electron chi connectivity index (χ1n) is 8.28. The van der Waals surface area contributed by atoms with Gasteiger partial charge in [0.1, 0.15) is 5.58 Å². The lowest BCUT2D eigenvalue weighted by molar-refractivity contribution is -0.124. The van der Waals surface area contributed by atoms with E-state index in [0.717, 1.165) is 48.7 Å². The molecule has 0 bridgehead atoms. The molecule has 6 heteroatoms. The third-order valence-corrected chi connectivity index (χ3v) is 5.05. The Morgan fingerprint density at radius 3 is 2.83 bits per heavy atom. The van der Waals surface area contributed by atoms with Crippen LogP contribution in [-0.2, 0) is 17.8 Å². The summed E-state index contributed by atoms with van der Waals surface area (Å²) in [5.74, 6) is -0.312. The van der Waals surface area contributed by atoms with E-state index in [2.05, 4.69) is 0 Å². The summed E-state index contributed by atoms with van der Waals surface area (Å²) in [5, 5.41) is 1.47. The quantitative estimate of drug-likeness (QED) is 0.862. The Morgan fingerprint density at radius 1 is 1.33 bits per heavy atom. The van der Waals surface area contributed by atoms with Gasteiger partial charge < -0.3 is 10.2 Å². The molecule has 0 spiro atoms. The van der Waals surface area contributed by atoms with E-state index < -0.39 is 5.63 Å². The van der Waals surface area contributed by atoms with Gasteiger partial charge in [-0.1, -0.05) is 24.9 Å². The van der Waals surface area contributed by atoms with Crippen LogP contribution < -0.4 is 11.4 Å². The first-order chi connectivity index (χ1) is 11.5. The molecule has 128 valence electrons. The fourth-order valence-corrected chi connectivity index (χ4v) is 3.71. The minimum Gasteiger partial charge on any atom is -0.423 e. The number of aryl methyl sites for hydroxylation is 1. The molecule has 2 aromatic rings. The first kappa shape index (κ1) is 17.0. The van der Waals surface area contributed by atoms with Crippen LogP contribution in [0, 0.1) is 0 Å². The summed E-state index contributed by atoms with van der Waals surface area (Å²) in [6.07, 6.45) is 3.53. The molecule has 1 aliphatic heterocycles. The van der Waals surface area contributed by atoms with E-state index >= 15 is 0 Å². The van der Waals surface area contributed by atoms with Crippen molar-refractivity contribution in [2.24, 2.45) is 5.73 Å². The minimum absolute atomic E-state index is 0.286. The highest BCUT2D eigenvalue weighted by Crippen LogP contribution is 2.28. The molecule has 1 aliphatic rings. The molecule has 1 atom stereocenters. The van der Waals surface area contributed by atoms with E-state index in [4.69, 9.17) is 21.8 Å². The highest BCUT2D eigenvalue weighted by molar-refractivity contribution is 6.32. The maximum Gasteiger partial charge on any atom is 0.336 e. The Labute approximate surface area is 145 Å². The predicted molar refractivity (Wildman–Crippen MR) is 94.1 cm³/mol. The predicted octanol–water partition coefficient (Wildman–Crippen LogP) is 2.85. The van der Waals surface area contributed by atoms with Crippen molar-refractivity contribution in [3.8, 4) is 0 Å². The number of benzene rings is 1. The summed E-state index contributed by atoms with van der Waals surface area (Å²) < 4.78 is 5.34. The van der Waals surface area contributed by atoms with Crippen molar-refractivity contribution in [1.29, 1.82) is 0 Å². The second-order valence-corrected chi connectivity index (χ2v) is 6.68. The molecule has 1 saturated heterocycles. The van der Waals surface area contributed by atoms with Gasteiger partial charge in [0, 0.05) is 23.0 Å². The number of primary amides is 1. The number of carbonyl (C=O) groups is 1. The van der Waals surface area contributed by atoms with Crippen LogP contribution in [0.3, 0.4) is 0 Å². The number of carbonyl (C=O) groups excluding carboxylic acids is 1. The van der Waals surface area contributed by atoms with Gasteiger partial charge in [-0.05, 0) is 49.1 Å². The molecule has 0 saturated carbocycles. The van der Waals surface area contributed by atoms with E-state index in [9.17, 15) is 9.59 Å². The zero-order chi connectivity index (χ0) is 17.3. The Hall–Kier alpha value is -1.85. The maximum atomic E-state index is 11.9. The Morgan fingerprint density at radius 2 is 2.12 bits per heavy atom. The van der Waals surface area contributed by atoms with Crippen LogP contribution in [-0.4, -0.2) is 23.4 Å². The van der Waals surface area contributed by atoms with Crippen molar-refractivity contribution in [3.63, 3.8) is 0 Å². The van der Waals surface area contributed by atoms with E-state index in [1.807, 2.05) is 24.0 Å². The number of halogens is 1. The van der Waals surface area contributed by atoms with E-state index in [-0.39, 0.29) is 11.9 Å². The standard InChI is InChI=1S/C18H21ClN2O3/c1-2-11-7-16-13(9-14(11)19)12(8-17(22)24-16)10-21-6-4-3-5-15(21)18(20)23/h7-9,15H,2-6,10H2,1H3,(H2,20,23)/t15-/m0/s1. The Kier molecular flexibility index (Phi) is 4.92. The van der Waals surface area contributed by atoms with Crippen molar-refractivity contribution in [2.75, 3.05) is 6.54 Å². The van der Waals surface area contributed by atoms with Gasteiger partial charge in [-0.3, -0.25) is 9.69 Å². The topological polar surface area (TPSA) is 76.5 Å². The molecule has 1 fully saturated rings. The normalized spacial score (nSPS) is 18.8. The van der Waals surface area contributed by atoms with Crippen LogP contribution in [0.4, 0.5) is 0 Å². The summed E-state index contributed by atoms with van der Waals surface area (Å²) in [6, 6.07) is 4.87. The number of nitrogens with two attached hydrogens (primary N) is 1. The number of hydrogen-bond donors (Lipinski definition) is 1. The highest BCUT2D eigenvalue weighted by Gasteiger charge is 2.27. The second kappa shape index (κ2) is 6.95. The smallest absolute Gasteiger partial charge is 0.336 e. The average Bonchev–Trinajstić information content (AvgIpc) is 2.55.